The van der Waals surface area contributed by atoms with Crippen LogP contribution in [-0.4, -0.2) is 82.7 Å². The lowest BCUT2D eigenvalue weighted by molar-refractivity contribution is -0.147. The summed E-state index contributed by atoms with van der Waals surface area (Å²) in [5.41, 5.74) is 0.113. The number of carbonyl (C=O) groups excluding carboxylic acids is 1. The number of rotatable bonds is 1. The Morgan fingerprint density at radius 2 is 2.06 bits per heavy atom. The molecular weight excluding hydrogens is 230 g/mol. The second kappa shape index (κ2) is 4.18. The van der Waals surface area contributed by atoms with Crippen LogP contribution in [0.5, 0.6) is 0 Å². The van der Waals surface area contributed by atoms with Crippen molar-refractivity contribution in [2.75, 3.05) is 39.3 Å². The molecule has 1 amide bonds. The van der Waals surface area contributed by atoms with Crippen molar-refractivity contribution >= 4 is 5.91 Å². The van der Waals surface area contributed by atoms with Gasteiger partial charge in [-0.25, -0.2) is 0 Å². The smallest absolute Gasteiger partial charge is 0.219 e. The van der Waals surface area contributed by atoms with Crippen molar-refractivity contribution in [3.63, 3.8) is 0 Å². The zero-order valence-electron chi connectivity index (χ0n) is 11.3. The molecule has 0 saturated carbocycles. The third-order valence-corrected chi connectivity index (χ3v) is 4.85. The molecule has 1 N–H and O–H groups in total. The quantitative estimate of drug-likeness (QED) is 0.675. The van der Waals surface area contributed by atoms with Gasteiger partial charge in [-0.2, -0.15) is 0 Å². The fourth-order valence-corrected chi connectivity index (χ4v) is 3.94. The van der Waals surface area contributed by atoms with Gasteiger partial charge in [0.2, 0.25) is 5.91 Å². The highest BCUT2D eigenvalue weighted by molar-refractivity contribution is 5.73. The number of aliphatic hydroxyl groups excluding tert-OH is 1. The van der Waals surface area contributed by atoms with Gasteiger partial charge in [0, 0.05) is 45.7 Å². The third-order valence-electron chi connectivity index (χ3n) is 4.85. The van der Waals surface area contributed by atoms with Crippen molar-refractivity contribution in [1.29, 1.82) is 0 Å². The standard InChI is InChI=1S/C13H23N3O2/c1-3-14-7-13(8-14)9-15(10(2)17)5-11-4-12(18)6-16(11)13/h11-12,18H,3-9H2,1-2H3. The van der Waals surface area contributed by atoms with E-state index >= 15 is 0 Å². The van der Waals surface area contributed by atoms with Crippen LogP contribution < -0.4 is 0 Å². The van der Waals surface area contributed by atoms with Gasteiger partial charge in [0.15, 0.2) is 0 Å². The van der Waals surface area contributed by atoms with Crippen molar-refractivity contribution < 1.29 is 9.90 Å². The molecule has 2 unspecified atom stereocenters. The average Bonchev–Trinajstić information content (AvgIpc) is 2.64. The fourth-order valence-electron chi connectivity index (χ4n) is 3.94. The van der Waals surface area contributed by atoms with Crippen LogP contribution in [0.2, 0.25) is 0 Å². The van der Waals surface area contributed by atoms with Crippen molar-refractivity contribution in [2.24, 2.45) is 0 Å². The van der Waals surface area contributed by atoms with Gasteiger partial charge in [-0.1, -0.05) is 6.92 Å². The van der Waals surface area contributed by atoms with E-state index in [1.165, 1.54) is 0 Å². The van der Waals surface area contributed by atoms with E-state index in [1.54, 1.807) is 6.92 Å². The number of carbonyl (C=O) groups is 1. The Labute approximate surface area is 108 Å². The second-order valence-electron chi connectivity index (χ2n) is 6.12. The van der Waals surface area contributed by atoms with Gasteiger partial charge in [-0.3, -0.25) is 14.6 Å². The number of hydrogen-bond donors (Lipinski definition) is 1. The minimum atomic E-state index is -0.213. The van der Waals surface area contributed by atoms with Crippen molar-refractivity contribution in [1.82, 2.24) is 14.7 Å². The van der Waals surface area contributed by atoms with Gasteiger partial charge in [0.25, 0.3) is 0 Å². The number of β-amino-alcohol motifs (C(OH)–C–C–N with tert-alkyl or cyclic N) is 1. The summed E-state index contributed by atoms with van der Waals surface area (Å²) in [5, 5.41) is 9.90. The molecule has 3 aliphatic rings. The van der Waals surface area contributed by atoms with Crippen molar-refractivity contribution in [3.05, 3.63) is 0 Å². The molecule has 3 fully saturated rings. The van der Waals surface area contributed by atoms with Crippen LogP contribution in [0.3, 0.4) is 0 Å². The molecular formula is C13H23N3O2. The Morgan fingerprint density at radius 3 is 2.67 bits per heavy atom. The maximum absolute atomic E-state index is 11.7. The zero-order valence-corrected chi connectivity index (χ0v) is 11.3. The van der Waals surface area contributed by atoms with Crippen LogP contribution in [0.25, 0.3) is 0 Å². The molecule has 0 aromatic heterocycles. The lowest BCUT2D eigenvalue weighted by atomic mass is 9.84. The summed E-state index contributed by atoms with van der Waals surface area (Å²) in [6.07, 6.45) is 0.604. The van der Waals surface area contributed by atoms with Crippen molar-refractivity contribution in [2.45, 2.75) is 38.0 Å². The van der Waals surface area contributed by atoms with E-state index in [0.717, 1.165) is 45.7 Å². The molecule has 3 rings (SSSR count). The molecule has 2 atom stereocenters. The van der Waals surface area contributed by atoms with Gasteiger partial charge >= 0.3 is 0 Å². The molecule has 3 heterocycles. The summed E-state index contributed by atoms with van der Waals surface area (Å²) in [4.78, 5) is 18.5. The third kappa shape index (κ3) is 1.76. The molecule has 102 valence electrons. The van der Waals surface area contributed by atoms with Crippen LogP contribution in [0, 0.1) is 0 Å². The highest BCUT2D eigenvalue weighted by Crippen LogP contribution is 2.38. The molecule has 1 spiro atoms. The van der Waals surface area contributed by atoms with Crippen LogP contribution in [0.15, 0.2) is 0 Å². The number of likely N-dealkylation sites (N-methyl/N-ethyl adjacent to an activating group) is 1. The maximum atomic E-state index is 11.7. The number of fused-ring (bicyclic) bond motifs is 2. The molecule has 0 aromatic carbocycles. The monoisotopic (exact) mass is 253 g/mol. The number of aliphatic hydroxyl groups is 1. The number of nitrogens with zero attached hydrogens (tertiary/aromatic N) is 3. The Balaban J connectivity index is 1.80. The fraction of sp³-hybridized carbons (Fsp3) is 0.923. The molecule has 5 heteroatoms. The topological polar surface area (TPSA) is 47.0 Å². The van der Waals surface area contributed by atoms with E-state index in [4.69, 9.17) is 0 Å². The molecule has 18 heavy (non-hydrogen) atoms. The zero-order chi connectivity index (χ0) is 12.9. The Hall–Kier alpha value is -0.650. The van der Waals surface area contributed by atoms with E-state index < -0.39 is 0 Å². The summed E-state index contributed by atoms with van der Waals surface area (Å²) in [5.74, 6) is 0.172. The molecule has 0 bridgehead atoms. The Bertz CT molecular complexity index is 354. The van der Waals surface area contributed by atoms with Gasteiger partial charge in [0.1, 0.15) is 0 Å². The first-order valence-corrected chi connectivity index (χ1v) is 6.97. The molecule has 0 aromatic rings. The number of likely N-dealkylation sites (tertiary alicyclic amines) is 1. The molecule has 5 nitrogen and oxygen atoms in total. The highest BCUT2D eigenvalue weighted by atomic mass is 16.3. The average molecular weight is 253 g/mol. The maximum Gasteiger partial charge on any atom is 0.219 e. The SMILES string of the molecule is CCN1CC2(C1)CN(C(C)=O)CC1CC(O)CN12. The normalized spacial score (nSPS) is 35.6. The number of amides is 1. The Kier molecular flexibility index (Phi) is 2.88. The van der Waals surface area contributed by atoms with Crippen LogP contribution >= 0.6 is 0 Å². The minimum Gasteiger partial charge on any atom is -0.392 e. The summed E-state index contributed by atoms with van der Waals surface area (Å²) >= 11 is 0. The van der Waals surface area contributed by atoms with E-state index in [0.29, 0.717) is 6.04 Å². The van der Waals surface area contributed by atoms with Crippen LogP contribution in [0.1, 0.15) is 20.3 Å². The largest absolute Gasteiger partial charge is 0.392 e. The van der Waals surface area contributed by atoms with Crippen LogP contribution in [-0.2, 0) is 4.79 Å². The van der Waals surface area contributed by atoms with Gasteiger partial charge in [-0.15, -0.1) is 0 Å². The van der Waals surface area contributed by atoms with E-state index in [9.17, 15) is 9.90 Å². The van der Waals surface area contributed by atoms with Gasteiger partial charge < -0.3 is 10.0 Å². The Morgan fingerprint density at radius 1 is 1.33 bits per heavy atom. The van der Waals surface area contributed by atoms with Crippen molar-refractivity contribution in [3.8, 4) is 0 Å². The predicted molar refractivity (Wildman–Crippen MR) is 68.2 cm³/mol. The van der Waals surface area contributed by atoms with Gasteiger partial charge in [-0.05, 0) is 13.0 Å². The molecule has 0 radical (unpaired) electrons. The van der Waals surface area contributed by atoms with Gasteiger partial charge in [0.05, 0.1) is 11.6 Å². The first-order valence-electron chi connectivity index (χ1n) is 6.97. The first kappa shape index (κ1) is 12.4. The summed E-state index contributed by atoms with van der Waals surface area (Å²) in [6, 6.07) is 0.358. The van der Waals surface area contributed by atoms with E-state index in [2.05, 4.69) is 16.7 Å². The highest BCUT2D eigenvalue weighted by Gasteiger charge is 2.55. The summed E-state index contributed by atoms with van der Waals surface area (Å²) in [7, 11) is 0. The molecule has 0 aliphatic carbocycles. The summed E-state index contributed by atoms with van der Waals surface area (Å²) in [6.45, 7) is 9.39. The van der Waals surface area contributed by atoms with Crippen LogP contribution in [0.4, 0.5) is 0 Å². The van der Waals surface area contributed by atoms with E-state index in [-0.39, 0.29) is 17.6 Å². The lowest BCUT2D eigenvalue weighted by Gasteiger charge is -2.60. The predicted octanol–water partition coefficient (Wildman–Crippen LogP) is -0.642. The molecule has 3 aliphatic heterocycles. The van der Waals surface area contributed by atoms with E-state index in [1.807, 2.05) is 4.90 Å². The lowest BCUT2D eigenvalue weighted by Crippen LogP contribution is -2.78. The summed E-state index contributed by atoms with van der Waals surface area (Å²) < 4.78 is 0. The number of hydrogen-bond acceptors (Lipinski definition) is 4. The second-order valence-corrected chi connectivity index (χ2v) is 6.12. The molecule has 3 saturated heterocycles. The minimum absolute atomic E-state index is 0.113. The first-order chi connectivity index (χ1) is 8.54. The number of piperazine rings is 1.